The van der Waals surface area contributed by atoms with E-state index in [4.69, 9.17) is 28.9 Å². The second-order valence-electron chi connectivity index (χ2n) is 5.11. The van der Waals surface area contributed by atoms with Crippen molar-refractivity contribution in [2.75, 3.05) is 0 Å². The molecule has 0 heterocycles. The molecule has 1 spiro atoms. The highest BCUT2D eigenvalue weighted by Crippen LogP contribution is 2.67. The molecule has 0 aromatic heterocycles. The summed E-state index contributed by atoms with van der Waals surface area (Å²) in [5, 5.41) is 1.42. The Labute approximate surface area is 99.6 Å². The van der Waals surface area contributed by atoms with Crippen molar-refractivity contribution < 1.29 is 0 Å². The second-order valence-corrected chi connectivity index (χ2v) is 5.92. The molecule has 0 bridgehead atoms. The Balaban J connectivity index is 1.99. The van der Waals surface area contributed by atoms with Crippen LogP contribution in [0.15, 0.2) is 18.2 Å². The molecule has 1 nitrogen and oxygen atoms in total. The largest absolute Gasteiger partial charge is 0.321 e. The zero-order chi connectivity index (χ0) is 10.7. The third-order valence-corrected chi connectivity index (χ3v) is 4.43. The van der Waals surface area contributed by atoms with Crippen LogP contribution in [0.5, 0.6) is 0 Å². The summed E-state index contributed by atoms with van der Waals surface area (Å²) in [5.74, 6) is 0. The summed E-state index contributed by atoms with van der Waals surface area (Å²) in [7, 11) is 0. The molecule has 0 saturated heterocycles. The van der Waals surface area contributed by atoms with Gasteiger partial charge in [0.05, 0.1) is 0 Å². The summed E-state index contributed by atoms with van der Waals surface area (Å²) in [5.41, 5.74) is 7.60. The lowest BCUT2D eigenvalue weighted by atomic mass is 9.63. The SMILES string of the molecule is NC1(c2c(Cl)cccc2Cl)CC2(CC2)C1. The van der Waals surface area contributed by atoms with Crippen LogP contribution in [0.3, 0.4) is 0 Å². The molecule has 1 aromatic rings. The molecule has 1 aromatic carbocycles. The maximum absolute atomic E-state index is 6.37. The van der Waals surface area contributed by atoms with Gasteiger partial charge in [0, 0.05) is 21.1 Å². The monoisotopic (exact) mass is 241 g/mol. The van der Waals surface area contributed by atoms with Gasteiger partial charge in [0.1, 0.15) is 0 Å². The summed E-state index contributed by atoms with van der Waals surface area (Å²) in [6, 6.07) is 5.60. The maximum atomic E-state index is 6.37. The van der Waals surface area contributed by atoms with Gasteiger partial charge in [0.15, 0.2) is 0 Å². The summed E-state index contributed by atoms with van der Waals surface area (Å²) in [6.07, 6.45) is 4.74. The van der Waals surface area contributed by atoms with Gasteiger partial charge in [0.2, 0.25) is 0 Å². The second kappa shape index (κ2) is 2.91. The van der Waals surface area contributed by atoms with Crippen LogP contribution in [0.1, 0.15) is 31.2 Å². The van der Waals surface area contributed by atoms with E-state index in [1.54, 1.807) is 0 Å². The van der Waals surface area contributed by atoms with Crippen molar-refractivity contribution in [3.8, 4) is 0 Å². The number of halogens is 2. The maximum Gasteiger partial charge on any atom is 0.0471 e. The van der Waals surface area contributed by atoms with Gasteiger partial charge in [-0.25, -0.2) is 0 Å². The average molecular weight is 242 g/mol. The van der Waals surface area contributed by atoms with Crippen molar-refractivity contribution in [3.63, 3.8) is 0 Å². The first-order chi connectivity index (χ1) is 7.05. The van der Waals surface area contributed by atoms with Gasteiger partial charge in [-0.2, -0.15) is 0 Å². The van der Waals surface area contributed by atoms with Crippen LogP contribution in [0.4, 0.5) is 0 Å². The Hall–Kier alpha value is -0.240. The fourth-order valence-electron chi connectivity index (χ4n) is 2.97. The van der Waals surface area contributed by atoms with Crippen molar-refractivity contribution in [3.05, 3.63) is 33.8 Å². The van der Waals surface area contributed by atoms with Gasteiger partial charge in [-0.15, -0.1) is 0 Å². The third kappa shape index (κ3) is 1.41. The van der Waals surface area contributed by atoms with Crippen LogP contribution in [-0.4, -0.2) is 0 Å². The van der Waals surface area contributed by atoms with Gasteiger partial charge in [-0.3, -0.25) is 0 Å². The quantitative estimate of drug-likeness (QED) is 0.797. The summed E-state index contributed by atoms with van der Waals surface area (Å²) in [6.45, 7) is 0. The Morgan fingerprint density at radius 3 is 2.07 bits per heavy atom. The zero-order valence-corrected chi connectivity index (χ0v) is 9.91. The summed E-state index contributed by atoms with van der Waals surface area (Å²) < 4.78 is 0. The Morgan fingerprint density at radius 1 is 1.07 bits per heavy atom. The van der Waals surface area contributed by atoms with E-state index in [0.717, 1.165) is 18.4 Å². The van der Waals surface area contributed by atoms with Crippen LogP contribution < -0.4 is 5.73 Å². The van der Waals surface area contributed by atoms with E-state index in [9.17, 15) is 0 Å². The van der Waals surface area contributed by atoms with E-state index in [1.165, 1.54) is 12.8 Å². The summed E-state index contributed by atoms with van der Waals surface area (Å²) >= 11 is 12.4. The predicted molar refractivity (Wildman–Crippen MR) is 63.2 cm³/mol. The van der Waals surface area contributed by atoms with Gasteiger partial charge in [-0.05, 0) is 43.2 Å². The first kappa shape index (κ1) is 9.95. The fraction of sp³-hybridized carbons (Fsp3) is 0.500. The van der Waals surface area contributed by atoms with E-state index < -0.39 is 0 Å². The highest BCUT2D eigenvalue weighted by molar-refractivity contribution is 6.36. The average Bonchev–Trinajstić information content (AvgIpc) is 2.83. The molecule has 0 atom stereocenters. The van der Waals surface area contributed by atoms with Gasteiger partial charge < -0.3 is 5.73 Å². The molecule has 80 valence electrons. The molecule has 2 fully saturated rings. The molecule has 0 aliphatic heterocycles. The van der Waals surface area contributed by atoms with Crippen LogP contribution in [0, 0.1) is 5.41 Å². The van der Waals surface area contributed by atoms with Crippen LogP contribution in [0.2, 0.25) is 10.0 Å². The number of rotatable bonds is 1. The van der Waals surface area contributed by atoms with Gasteiger partial charge in [0.25, 0.3) is 0 Å². The van der Waals surface area contributed by atoms with Crippen molar-refractivity contribution in [2.24, 2.45) is 11.1 Å². The van der Waals surface area contributed by atoms with Crippen molar-refractivity contribution in [1.29, 1.82) is 0 Å². The van der Waals surface area contributed by atoms with E-state index in [-0.39, 0.29) is 5.54 Å². The number of hydrogen-bond acceptors (Lipinski definition) is 1. The molecule has 3 heteroatoms. The lowest BCUT2D eigenvalue weighted by Gasteiger charge is -2.47. The first-order valence-electron chi connectivity index (χ1n) is 5.28. The van der Waals surface area contributed by atoms with Crippen LogP contribution in [0.25, 0.3) is 0 Å². The van der Waals surface area contributed by atoms with Crippen molar-refractivity contribution in [1.82, 2.24) is 0 Å². The molecule has 3 rings (SSSR count). The summed E-state index contributed by atoms with van der Waals surface area (Å²) in [4.78, 5) is 0. The number of nitrogens with two attached hydrogens (primary N) is 1. The van der Waals surface area contributed by atoms with E-state index >= 15 is 0 Å². The minimum Gasteiger partial charge on any atom is -0.321 e. The highest BCUT2D eigenvalue weighted by atomic mass is 35.5. The Morgan fingerprint density at radius 2 is 1.60 bits per heavy atom. The van der Waals surface area contributed by atoms with E-state index in [1.807, 2.05) is 18.2 Å². The fourth-order valence-corrected chi connectivity index (χ4v) is 3.74. The minimum absolute atomic E-state index is 0.272. The van der Waals surface area contributed by atoms with Crippen molar-refractivity contribution >= 4 is 23.2 Å². The normalized spacial score (nSPS) is 25.0. The lowest BCUT2D eigenvalue weighted by Crippen LogP contribution is -2.50. The van der Waals surface area contributed by atoms with Gasteiger partial charge >= 0.3 is 0 Å². The van der Waals surface area contributed by atoms with Crippen LogP contribution >= 0.6 is 23.2 Å². The zero-order valence-electron chi connectivity index (χ0n) is 8.39. The molecule has 15 heavy (non-hydrogen) atoms. The number of hydrogen-bond donors (Lipinski definition) is 1. The Bertz CT molecular complexity index is 395. The topological polar surface area (TPSA) is 26.0 Å². The Kier molecular flexibility index (Phi) is 1.93. The van der Waals surface area contributed by atoms with Gasteiger partial charge in [-0.1, -0.05) is 29.3 Å². The van der Waals surface area contributed by atoms with E-state index in [2.05, 4.69) is 0 Å². The molecule has 2 aliphatic carbocycles. The molecule has 0 amide bonds. The predicted octanol–water partition coefficient (Wildman–Crippen LogP) is 3.72. The van der Waals surface area contributed by atoms with Crippen LogP contribution in [-0.2, 0) is 5.54 Å². The molecule has 2 saturated carbocycles. The van der Waals surface area contributed by atoms with Crippen molar-refractivity contribution in [2.45, 2.75) is 31.2 Å². The third-order valence-electron chi connectivity index (χ3n) is 3.80. The smallest absolute Gasteiger partial charge is 0.0471 e. The highest BCUT2D eigenvalue weighted by Gasteiger charge is 2.60. The molecule has 0 radical (unpaired) electrons. The molecule has 0 unspecified atom stereocenters. The standard InChI is InChI=1S/C12H13Cl2N/c13-8-2-1-3-9(14)10(8)12(15)6-11(7-12)4-5-11/h1-3H,4-7,15H2. The number of benzene rings is 1. The lowest BCUT2D eigenvalue weighted by molar-refractivity contribution is 0.125. The minimum atomic E-state index is -0.272. The molecule has 2 N–H and O–H groups in total. The molecular weight excluding hydrogens is 229 g/mol. The van der Waals surface area contributed by atoms with E-state index in [0.29, 0.717) is 15.5 Å². The molecule has 2 aliphatic rings. The first-order valence-corrected chi connectivity index (χ1v) is 6.04. The molecular formula is C12H13Cl2N.